The summed E-state index contributed by atoms with van der Waals surface area (Å²) in [5.74, 6) is 1.14. The van der Waals surface area contributed by atoms with Crippen LogP contribution in [0.5, 0.6) is 0 Å². The van der Waals surface area contributed by atoms with E-state index in [1.807, 2.05) is 41.8 Å². The van der Waals surface area contributed by atoms with Crippen molar-refractivity contribution in [3.05, 3.63) is 52.1 Å². The van der Waals surface area contributed by atoms with E-state index >= 15 is 0 Å². The van der Waals surface area contributed by atoms with E-state index in [4.69, 9.17) is 4.52 Å². The summed E-state index contributed by atoms with van der Waals surface area (Å²) in [4.78, 5) is 17.2. The highest BCUT2D eigenvalue weighted by atomic mass is 79.9. The van der Waals surface area contributed by atoms with E-state index in [2.05, 4.69) is 31.4 Å². The molecule has 5 nitrogen and oxygen atoms in total. The molecule has 2 aromatic heterocycles. The smallest absolute Gasteiger partial charge is 0.226 e. The molecule has 2 heterocycles. The third kappa shape index (κ3) is 4.49. The van der Waals surface area contributed by atoms with Crippen LogP contribution >= 0.6 is 27.3 Å². The van der Waals surface area contributed by atoms with Crippen molar-refractivity contribution < 1.29 is 9.32 Å². The molecule has 0 saturated carbocycles. The zero-order valence-electron chi connectivity index (χ0n) is 12.2. The van der Waals surface area contributed by atoms with Gasteiger partial charge >= 0.3 is 0 Å². The average molecular weight is 392 g/mol. The summed E-state index contributed by atoms with van der Waals surface area (Å²) in [5.41, 5.74) is 0.780. The van der Waals surface area contributed by atoms with Crippen LogP contribution in [0.4, 0.5) is 5.69 Å². The second kappa shape index (κ2) is 7.52. The first-order chi connectivity index (χ1) is 11.2. The van der Waals surface area contributed by atoms with Crippen molar-refractivity contribution in [1.29, 1.82) is 0 Å². The number of amides is 1. The zero-order valence-corrected chi connectivity index (χ0v) is 14.6. The molecule has 0 radical (unpaired) electrons. The average Bonchev–Trinajstić information content (AvgIpc) is 3.18. The molecular formula is C16H14BrN3O2S. The SMILES string of the molecule is O=C(CCCc1nc(-c2cccs2)no1)Nc1cccc(Br)c1. The topological polar surface area (TPSA) is 68.0 Å². The largest absolute Gasteiger partial charge is 0.339 e. The molecule has 3 aromatic rings. The van der Waals surface area contributed by atoms with Crippen LogP contribution in [-0.2, 0) is 11.2 Å². The van der Waals surface area contributed by atoms with Crippen molar-refractivity contribution >= 4 is 38.9 Å². The van der Waals surface area contributed by atoms with Gasteiger partial charge < -0.3 is 9.84 Å². The number of thiophene rings is 1. The first-order valence-corrected chi connectivity index (χ1v) is 8.80. The first-order valence-electron chi connectivity index (χ1n) is 7.12. The number of aryl methyl sites for hydroxylation is 1. The highest BCUT2D eigenvalue weighted by Gasteiger charge is 2.10. The van der Waals surface area contributed by atoms with Crippen molar-refractivity contribution in [1.82, 2.24) is 10.1 Å². The van der Waals surface area contributed by atoms with E-state index in [1.54, 1.807) is 11.3 Å². The van der Waals surface area contributed by atoms with Gasteiger partial charge in [-0.3, -0.25) is 4.79 Å². The van der Waals surface area contributed by atoms with E-state index in [0.717, 1.165) is 15.0 Å². The minimum Gasteiger partial charge on any atom is -0.339 e. The summed E-state index contributed by atoms with van der Waals surface area (Å²) in [6.07, 6.45) is 1.65. The maximum absolute atomic E-state index is 11.9. The summed E-state index contributed by atoms with van der Waals surface area (Å²) < 4.78 is 6.14. The fourth-order valence-electron chi connectivity index (χ4n) is 2.05. The second-order valence-electron chi connectivity index (χ2n) is 4.90. The lowest BCUT2D eigenvalue weighted by molar-refractivity contribution is -0.116. The van der Waals surface area contributed by atoms with Crippen LogP contribution in [0.3, 0.4) is 0 Å². The minimum absolute atomic E-state index is 0.0268. The fourth-order valence-corrected chi connectivity index (χ4v) is 3.10. The van der Waals surface area contributed by atoms with Crippen LogP contribution in [0.2, 0.25) is 0 Å². The number of nitrogens with one attached hydrogen (secondary N) is 1. The predicted molar refractivity (Wildman–Crippen MR) is 93.3 cm³/mol. The van der Waals surface area contributed by atoms with E-state index in [0.29, 0.717) is 31.0 Å². The molecular weight excluding hydrogens is 378 g/mol. The molecule has 0 unspecified atom stereocenters. The molecule has 1 N–H and O–H groups in total. The highest BCUT2D eigenvalue weighted by Crippen LogP contribution is 2.21. The van der Waals surface area contributed by atoms with Gasteiger partial charge in [0, 0.05) is 23.0 Å². The van der Waals surface area contributed by atoms with Gasteiger partial charge in [-0.15, -0.1) is 11.3 Å². The van der Waals surface area contributed by atoms with Crippen LogP contribution < -0.4 is 5.32 Å². The zero-order chi connectivity index (χ0) is 16.1. The van der Waals surface area contributed by atoms with Gasteiger partial charge in [0.15, 0.2) is 0 Å². The van der Waals surface area contributed by atoms with E-state index in [1.165, 1.54) is 0 Å². The molecule has 0 saturated heterocycles. The van der Waals surface area contributed by atoms with Gasteiger partial charge in [-0.1, -0.05) is 33.2 Å². The number of aromatic nitrogens is 2. The van der Waals surface area contributed by atoms with Gasteiger partial charge in [0.25, 0.3) is 0 Å². The maximum Gasteiger partial charge on any atom is 0.226 e. The number of anilines is 1. The second-order valence-corrected chi connectivity index (χ2v) is 6.76. The molecule has 1 aromatic carbocycles. The van der Waals surface area contributed by atoms with Gasteiger partial charge in [0.2, 0.25) is 17.6 Å². The molecule has 0 aliphatic rings. The van der Waals surface area contributed by atoms with Crippen LogP contribution in [0, 0.1) is 0 Å². The van der Waals surface area contributed by atoms with Gasteiger partial charge in [-0.25, -0.2) is 0 Å². The van der Waals surface area contributed by atoms with Gasteiger partial charge in [0.1, 0.15) is 0 Å². The standard InChI is InChI=1S/C16H14BrN3O2S/c17-11-4-1-5-12(10-11)18-14(21)7-2-8-15-19-16(20-22-15)13-6-3-9-23-13/h1,3-6,9-10H,2,7-8H2,(H,18,21). The molecule has 0 aliphatic carbocycles. The summed E-state index contributed by atoms with van der Waals surface area (Å²) in [6, 6.07) is 11.4. The van der Waals surface area contributed by atoms with Crippen molar-refractivity contribution in [3.63, 3.8) is 0 Å². The lowest BCUT2D eigenvalue weighted by Crippen LogP contribution is -2.11. The van der Waals surface area contributed by atoms with Crippen molar-refractivity contribution in [2.24, 2.45) is 0 Å². The van der Waals surface area contributed by atoms with Crippen LogP contribution in [-0.4, -0.2) is 16.0 Å². The van der Waals surface area contributed by atoms with Crippen LogP contribution in [0.25, 0.3) is 10.7 Å². The number of carbonyl (C=O) groups excluding carboxylic acids is 1. The molecule has 3 rings (SSSR count). The number of nitrogens with zero attached hydrogens (tertiary/aromatic N) is 2. The number of benzene rings is 1. The third-order valence-electron chi connectivity index (χ3n) is 3.11. The summed E-state index contributed by atoms with van der Waals surface area (Å²) in [5, 5.41) is 8.78. The Morgan fingerprint density at radius 3 is 3.00 bits per heavy atom. The number of rotatable bonds is 6. The number of carbonyl (C=O) groups is 1. The normalized spacial score (nSPS) is 10.7. The Labute approximate surface area is 145 Å². The lowest BCUT2D eigenvalue weighted by Gasteiger charge is -2.04. The highest BCUT2D eigenvalue weighted by molar-refractivity contribution is 9.10. The van der Waals surface area contributed by atoms with Crippen molar-refractivity contribution in [2.75, 3.05) is 5.32 Å². The molecule has 0 atom stereocenters. The van der Waals surface area contributed by atoms with Crippen LogP contribution in [0.1, 0.15) is 18.7 Å². The monoisotopic (exact) mass is 391 g/mol. The minimum atomic E-state index is -0.0268. The molecule has 0 aliphatic heterocycles. The number of halogens is 1. The van der Waals surface area contributed by atoms with E-state index in [9.17, 15) is 4.79 Å². The van der Waals surface area contributed by atoms with Crippen molar-refractivity contribution in [3.8, 4) is 10.7 Å². The first kappa shape index (κ1) is 15.9. The molecule has 118 valence electrons. The van der Waals surface area contributed by atoms with Crippen molar-refractivity contribution in [2.45, 2.75) is 19.3 Å². The Hall–Kier alpha value is -1.99. The Morgan fingerprint density at radius 1 is 1.30 bits per heavy atom. The molecule has 7 heteroatoms. The van der Waals surface area contributed by atoms with E-state index < -0.39 is 0 Å². The molecule has 23 heavy (non-hydrogen) atoms. The predicted octanol–water partition coefficient (Wildman–Crippen LogP) is 4.52. The summed E-state index contributed by atoms with van der Waals surface area (Å²) in [6.45, 7) is 0. The Morgan fingerprint density at radius 2 is 2.22 bits per heavy atom. The molecule has 0 bridgehead atoms. The Bertz CT molecular complexity index is 786. The number of hydrogen-bond donors (Lipinski definition) is 1. The Balaban J connectivity index is 1.47. The third-order valence-corrected chi connectivity index (χ3v) is 4.47. The molecule has 1 amide bonds. The Kier molecular flexibility index (Phi) is 5.19. The summed E-state index contributed by atoms with van der Waals surface area (Å²) >= 11 is 4.94. The van der Waals surface area contributed by atoms with Gasteiger partial charge in [0.05, 0.1) is 4.88 Å². The molecule has 0 fully saturated rings. The van der Waals surface area contributed by atoms with Crippen LogP contribution in [0.15, 0.2) is 50.8 Å². The molecule has 0 spiro atoms. The summed E-state index contributed by atoms with van der Waals surface area (Å²) in [7, 11) is 0. The fraction of sp³-hybridized carbons (Fsp3) is 0.188. The maximum atomic E-state index is 11.9. The number of hydrogen-bond acceptors (Lipinski definition) is 5. The lowest BCUT2D eigenvalue weighted by atomic mass is 10.2. The van der Waals surface area contributed by atoms with E-state index in [-0.39, 0.29) is 5.91 Å². The van der Waals surface area contributed by atoms with Gasteiger partial charge in [-0.2, -0.15) is 4.98 Å². The van der Waals surface area contributed by atoms with Gasteiger partial charge in [-0.05, 0) is 36.1 Å². The quantitative estimate of drug-likeness (QED) is 0.670.